The van der Waals surface area contributed by atoms with Gasteiger partial charge in [-0.05, 0) is 36.8 Å². The van der Waals surface area contributed by atoms with Crippen molar-refractivity contribution in [1.29, 1.82) is 0 Å². The van der Waals surface area contributed by atoms with E-state index in [0.29, 0.717) is 18.2 Å². The van der Waals surface area contributed by atoms with Crippen molar-refractivity contribution in [3.8, 4) is 11.6 Å². The molecule has 0 aliphatic carbocycles. The summed E-state index contributed by atoms with van der Waals surface area (Å²) in [6, 6.07) is 9.43. The van der Waals surface area contributed by atoms with Crippen molar-refractivity contribution in [2.45, 2.75) is 13.5 Å². The lowest BCUT2D eigenvalue weighted by Gasteiger charge is -2.07. The molecule has 0 saturated carbocycles. The van der Waals surface area contributed by atoms with Crippen LogP contribution >= 0.6 is 12.4 Å². The smallest absolute Gasteiger partial charge is 0.219 e. The van der Waals surface area contributed by atoms with Crippen LogP contribution in [-0.4, -0.2) is 4.98 Å². The van der Waals surface area contributed by atoms with Gasteiger partial charge in [-0.25, -0.2) is 9.37 Å². The molecule has 0 unspecified atom stereocenters. The summed E-state index contributed by atoms with van der Waals surface area (Å²) in [5.41, 5.74) is 7.37. The number of ether oxygens (including phenoxy) is 1. The molecule has 2 aromatic rings. The molecular weight excluding hydrogens is 255 g/mol. The van der Waals surface area contributed by atoms with E-state index >= 15 is 0 Å². The van der Waals surface area contributed by atoms with E-state index in [9.17, 15) is 4.39 Å². The van der Waals surface area contributed by atoms with Crippen LogP contribution in [0.1, 0.15) is 11.3 Å². The van der Waals surface area contributed by atoms with Crippen LogP contribution in [0.2, 0.25) is 0 Å². The van der Waals surface area contributed by atoms with Crippen LogP contribution < -0.4 is 10.5 Å². The van der Waals surface area contributed by atoms with Crippen molar-refractivity contribution in [1.82, 2.24) is 4.98 Å². The van der Waals surface area contributed by atoms with E-state index in [1.165, 1.54) is 12.1 Å². The Hall–Kier alpha value is -1.65. The van der Waals surface area contributed by atoms with Gasteiger partial charge in [-0.15, -0.1) is 12.4 Å². The lowest BCUT2D eigenvalue weighted by Crippen LogP contribution is -2.01. The summed E-state index contributed by atoms with van der Waals surface area (Å²) in [6.45, 7) is 2.33. The highest BCUT2D eigenvalue weighted by Crippen LogP contribution is 2.20. The molecule has 2 N–H and O–H groups in total. The number of rotatable bonds is 3. The van der Waals surface area contributed by atoms with Crippen LogP contribution in [0.5, 0.6) is 11.6 Å². The van der Waals surface area contributed by atoms with Gasteiger partial charge >= 0.3 is 0 Å². The molecule has 0 aliphatic heterocycles. The van der Waals surface area contributed by atoms with E-state index in [1.807, 2.05) is 13.0 Å². The fraction of sp³-hybridized carbons (Fsp3) is 0.154. The Morgan fingerprint density at radius 2 is 1.83 bits per heavy atom. The largest absolute Gasteiger partial charge is 0.439 e. The molecule has 18 heavy (non-hydrogen) atoms. The second-order valence-corrected chi connectivity index (χ2v) is 3.65. The van der Waals surface area contributed by atoms with Gasteiger partial charge < -0.3 is 10.5 Å². The average Bonchev–Trinajstić information content (AvgIpc) is 2.32. The number of hydrogen-bond acceptors (Lipinski definition) is 3. The number of nitrogens with zero attached hydrogens (tertiary/aromatic N) is 1. The van der Waals surface area contributed by atoms with E-state index in [2.05, 4.69) is 4.98 Å². The van der Waals surface area contributed by atoms with E-state index in [0.717, 1.165) is 11.3 Å². The molecule has 0 spiro atoms. The molecule has 96 valence electrons. The number of halogens is 2. The number of hydrogen-bond donors (Lipinski definition) is 1. The van der Waals surface area contributed by atoms with Crippen LogP contribution in [0.3, 0.4) is 0 Å². The molecule has 0 fully saturated rings. The highest BCUT2D eigenvalue weighted by atomic mass is 35.5. The van der Waals surface area contributed by atoms with Crippen molar-refractivity contribution in [3.63, 3.8) is 0 Å². The first-order valence-corrected chi connectivity index (χ1v) is 5.29. The topological polar surface area (TPSA) is 48.1 Å². The minimum absolute atomic E-state index is 0. The lowest BCUT2D eigenvalue weighted by atomic mass is 10.2. The molecule has 0 atom stereocenters. The van der Waals surface area contributed by atoms with Gasteiger partial charge in [-0.1, -0.05) is 6.07 Å². The zero-order valence-corrected chi connectivity index (χ0v) is 10.7. The summed E-state index contributed by atoms with van der Waals surface area (Å²) in [5, 5.41) is 0. The summed E-state index contributed by atoms with van der Waals surface area (Å²) in [7, 11) is 0. The van der Waals surface area contributed by atoms with Gasteiger partial charge in [0.1, 0.15) is 11.6 Å². The number of benzene rings is 1. The Morgan fingerprint density at radius 1 is 1.17 bits per heavy atom. The molecule has 1 aromatic heterocycles. The third-order valence-corrected chi connectivity index (χ3v) is 2.43. The van der Waals surface area contributed by atoms with Crippen LogP contribution in [0.4, 0.5) is 4.39 Å². The van der Waals surface area contributed by atoms with Gasteiger partial charge in [-0.3, -0.25) is 0 Å². The van der Waals surface area contributed by atoms with Gasteiger partial charge in [0.2, 0.25) is 5.88 Å². The third-order valence-electron chi connectivity index (χ3n) is 2.43. The summed E-state index contributed by atoms with van der Waals surface area (Å²) < 4.78 is 18.2. The number of aryl methyl sites for hydroxylation is 1. The Kier molecular flexibility index (Phi) is 5.07. The molecule has 1 heterocycles. The van der Waals surface area contributed by atoms with E-state index < -0.39 is 0 Å². The van der Waals surface area contributed by atoms with Crippen molar-refractivity contribution < 1.29 is 9.13 Å². The number of nitrogens with two attached hydrogens (primary N) is 1. The highest BCUT2D eigenvalue weighted by Gasteiger charge is 2.02. The third kappa shape index (κ3) is 3.42. The molecule has 0 aliphatic rings. The first-order chi connectivity index (χ1) is 8.19. The number of aromatic nitrogens is 1. The van der Waals surface area contributed by atoms with Gasteiger partial charge in [-0.2, -0.15) is 0 Å². The Labute approximate surface area is 111 Å². The summed E-state index contributed by atoms with van der Waals surface area (Å²) in [4.78, 5) is 4.27. The van der Waals surface area contributed by atoms with E-state index in [4.69, 9.17) is 10.5 Å². The molecular formula is C13H14ClFN2O. The standard InChI is InChI=1S/C13H13FN2O.ClH/c1-9-10(8-15)2-7-13(16-9)17-12-5-3-11(14)4-6-12;/h2-7H,8,15H2,1H3;1H. The van der Waals surface area contributed by atoms with Crippen molar-refractivity contribution in [2.75, 3.05) is 0 Å². The maximum absolute atomic E-state index is 12.7. The van der Waals surface area contributed by atoms with Crippen molar-refractivity contribution in [2.24, 2.45) is 5.73 Å². The quantitative estimate of drug-likeness (QED) is 0.930. The highest BCUT2D eigenvalue weighted by molar-refractivity contribution is 5.85. The van der Waals surface area contributed by atoms with Crippen LogP contribution in [0, 0.1) is 12.7 Å². The molecule has 3 nitrogen and oxygen atoms in total. The Bertz CT molecular complexity index is 517. The van der Waals surface area contributed by atoms with Gasteiger partial charge in [0.15, 0.2) is 0 Å². The van der Waals surface area contributed by atoms with Crippen LogP contribution in [0.25, 0.3) is 0 Å². The zero-order chi connectivity index (χ0) is 12.3. The fourth-order valence-corrected chi connectivity index (χ4v) is 1.46. The first-order valence-electron chi connectivity index (χ1n) is 5.29. The predicted molar refractivity (Wildman–Crippen MR) is 70.6 cm³/mol. The van der Waals surface area contributed by atoms with Gasteiger partial charge in [0.05, 0.1) is 0 Å². The molecule has 1 aromatic carbocycles. The minimum Gasteiger partial charge on any atom is -0.439 e. The van der Waals surface area contributed by atoms with Crippen LogP contribution in [0.15, 0.2) is 36.4 Å². The number of pyridine rings is 1. The molecule has 0 bridgehead atoms. The van der Waals surface area contributed by atoms with E-state index in [-0.39, 0.29) is 18.2 Å². The molecule has 0 radical (unpaired) electrons. The maximum Gasteiger partial charge on any atom is 0.219 e. The predicted octanol–water partition coefficient (Wildman–Crippen LogP) is 3.20. The molecule has 0 amide bonds. The minimum atomic E-state index is -0.292. The first kappa shape index (κ1) is 14.4. The summed E-state index contributed by atoms with van der Waals surface area (Å²) in [6.07, 6.45) is 0. The van der Waals surface area contributed by atoms with Crippen molar-refractivity contribution in [3.05, 3.63) is 53.5 Å². The Balaban J connectivity index is 0.00000162. The Morgan fingerprint density at radius 3 is 2.39 bits per heavy atom. The maximum atomic E-state index is 12.7. The zero-order valence-electron chi connectivity index (χ0n) is 9.89. The van der Waals surface area contributed by atoms with E-state index in [1.54, 1.807) is 18.2 Å². The van der Waals surface area contributed by atoms with Gasteiger partial charge in [0, 0.05) is 18.3 Å². The average molecular weight is 269 g/mol. The van der Waals surface area contributed by atoms with Gasteiger partial charge in [0.25, 0.3) is 0 Å². The summed E-state index contributed by atoms with van der Waals surface area (Å²) >= 11 is 0. The fourth-order valence-electron chi connectivity index (χ4n) is 1.46. The van der Waals surface area contributed by atoms with Crippen LogP contribution in [-0.2, 0) is 6.54 Å². The monoisotopic (exact) mass is 268 g/mol. The molecule has 0 saturated heterocycles. The van der Waals surface area contributed by atoms with Crippen molar-refractivity contribution >= 4 is 12.4 Å². The SMILES string of the molecule is Cc1nc(Oc2ccc(F)cc2)ccc1CN.Cl. The second-order valence-electron chi connectivity index (χ2n) is 3.65. The summed E-state index contributed by atoms with van der Waals surface area (Å²) in [5.74, 6) is 0.741. The molecule has 5 heteroatoms. The normalized spacial score (nSPS) is 9.72. The second kappa shape index (κ2) is 6.33. The lowest BCUT2D eigenvalue weighted by molar-refractivity contribution is 0.459. The molecule has 2 rings (SSSR count).